The van der Waals surface area contributed by atoms with Crippen molar-refractivity contribution < 1.29 is 13.2 Å². The van der Waals surface area contributed by atoms with Crippen molar-refractivity contribution in [3.63, 3.8) is 0 Å². The Morgan fingerprint density at radius 2 is 1.73 bits per heavy atom. The molecule has 0 aliphatic rings. The largest absolute Gasteiger partial charge is 0.385 e. The molecule has 0 radical (unpaired) electrons. The lowest BCUT2D eigenvalue weighted by Crippen LogP contribution is -2.09. The highest BCUT2D eigenvalue weighted by atomic mass is 32.2. The molecule has 0 spiro atoms. The molecule has 156 valence electrons. The van der Waals surface area contributed by atoms with Crippen molar-refractivity contribution in [1.82, 2.24) is 14.5 Å². The smallest absolute Gasteiger partial charge is 0.212 e. The summed E-state index contributed by atoms with van der Waals surface area (Å²) < 4.78 is 34.1. The van der Waals surface area contributed by atoms with Gasteiger partial charge in [-0.25, -0.2) is 18.4 Å². The quantitative estimate of drug-likeness (QED) is 0.474. The van der Waals surface area contributed by atoms with E-state index in [1.54, 1.807) is 29.9 Å². The molecule has 7 nitrogen and oxygen atoms in total. The second-order valence-electron chi connectivity index (χ2n) is 7.35. The molecule has 2 N–H and O–H groups in total. The third kappa shape index (κ3) is 3.32. The Balaban J connectivity index is 2.01. The van der Waals surface area contributed by atoms with Gasteiger partial charge in [-0.2, -0.15) is 0 Å². The van der Waals surface area contributed by atoms with Crippen LogP contribution < -0.4 is 5.73 Å². The van der Waals surface area contributed by atoms with Crippen molar-refractivity contribution in [2.24, 2.45) is 0 Å². The van der Waals surface area contributed by atoms with Crippen LogP contribution in [0.4, 0.5) is 5.82 Å². The van der Waals surface area contributed by atoms with Crippen LogP contribution in [-0.2, 0) is 21.1 Å². The zero-order chi connectivity index (χ0) is 21.5. The Bertz CT molecular complexity index is 1360. The fourth-order valence-corrected chi connectivity index (χ4v) is 5.14. The molecule has 0 atom stereocenters. The number of nitrogens with two attached hydrogens (primary N) is 1. The first-order valence-electron chi connectivity index (χ1n) is 9.70. The van der Waals surface area contributed by atoms with Gasteiger partial charge in [0, 0.05) is 20.3 Å². The SMILES string of the molecule is COCCCn1c(N)c(S(=O)(=O)c2ccc(C)c(C)c2)c2nc3ccccc3nc21. The van der Waals surface area contributed by atoms with Crippen molar-refractivity contribution in [2.45, 2.75) is 36.6 Å². The summed E-state index contributed by atoms with van der Waals surface area (Å²) in [6, 6.07) is 12.5. The highest BCUT2D eigenvalue weighted by molar-refractivity contribution is 7.92. The van der Waals surface area contributed by atoms with Crippen molar-refractivity contribution >= 4 is 37.9 Å². The van der Waals surface area contributed by atoms with Crippen molar-refractivity contribution in [2.75, 3.05) is 19.5 Å². The minimum absolute atomic E-state index is 0.0106. The van der Waals surface area contributed by atoms with Gasteiger partial charge in [-0.05, 0) is 55.7 Å². The number of nitrogens with zero attached hydrogens (tertiary/aromatic N) is 3. The minimum Gasteiger partial charge on any atom is -0.385 e. The maximum absolute atomic E-state index is 13.6. The monoisotopic (exact) mass is 424 g/mol. The first-order chi connectivity index (χ1) is 14.3. The molecule has 8 heteroatoms. The predicted molar refractivity (Wildman–Crippen MR) is 117 cm³/mol. The number of nitrogen functional groups attached to an aromatic ring is 1. The molecular weight excluding hydrogens is 400 g/mol. The number of ether oxygens (including phenoxy) is 1. The molecule has 2 heterocycles. The van der Waals surface area contributed by atoms with Crippen LogP contribution in [0.3, 0.4) is 0 Å². The first kappa shape index (κ1) is 20.3. The van der Waals surface area contributed by atoms with Gasteiger partial charge in [0.05, 0.1) is 15.9 Å². The van der Waals surface area contributed by atoms with Crippen molar-refractivity contribution in [3.05, 3.63) is 53.6 Å². The molecule has 0 aliphatic carbocycles. The van der Waals surface area contributed by atoms with E-state index in [1.807, 2.05) is 38.1 Å². The fourth-order valence-electron chi connectivity index (χ4n) is 3.55. The predicted octanol–water partition coefficient (Wildman–Crippen LogP) is 3.65. The number of rotatable bonds is 6. The average molecular weight is 425 g/mol. The second kappa shape index (κ2) is 7.70. The molecule has 2 aromatic carbocycles. The second-order valence-corrected chi connectivity index (χ2v) is 9.23. The minimum atomic E-state index is -3.89. The normalized spacial score (nSPS) is 12.1. The molecule has 0 amide bonds. The topological polar surface area (TPSA) is 100 Å². The number of anilines is 1. The number of fused-ring (bicyclic) bond motifs is 2. The van der Waals surface area contributed by atoms with E-state index >= 15 is 0 Å². The Morgan fingerprint density at radius 3 is 2.40 bits per heavy atom. The summed E-state index contributed by atoms with van der Waals surface area (Å²) in [7, 11) is -2.27. The molecule has 0 bridgehead atoms. The van der Waals surface area contributed by atoms with Crippen molar-refractivity contribution in [1.29, 1.82) is 0 Å². The van der Waals surface area contributed by atoms with Crippen LogP contribution in [0.15, 0.2) is 52.3 Å². The molecular formula is C22H24N4O3S. The van der Waals surface area contributed by atoms with E-state index in [2.05, 4.69) is 4.98 Å². The highest BCUT2D eigenvalue weighted by Gasteiger charge is 2.30. The Kier molecular flexibility index (Phi) is 5.21. The highest BCUT2D eigenvalue weighted by Crippen LogP contribution is 2.35. The molecule has 30 heavy (non-hydrogen) atoms. The maximum atomic E-state index is 13.6. The third-order valence-electron chi connectivity index (χ3n) is 5.33. The number of aromatic nitrogens is 3. The van der Waals surface area contributed by atoms with E-state index in [0.29, 0.717) is 41.8 Å². The number of benzene rings is 2. The van der Waals surface area contributed by atoms with Gasteiger partial charge in [0.1, 0.15) is 16.2 Å². The number of aryl methyl sites for hydroxylation is 3. The summed E-state index contributed by atoms with van der Waals surface area (Å²) in [6.45, 7) is 4.84. The lowest BCUT2D eigenvalue weighted by atomic mass is 10.1. The van der Waals surface area contributed by atoms with Gasteiger partial charge in [0.25, 0.3) is 0 Å². The van der Waals surface area contributed by atoms with E-state index in [-0.39, 0.29) is 15.6 Å². The van der Waals surface area contributed by atoms with Crippen LogP contribution in [0.25, 0.3) is 22.2 Å². The Labute approximate surface area is 175 Å². The van der Waals surface area contributed by atoms with Gasteiger partial charge in [-0.3, -0.25) is 0 Å². The van der Waals surface area contributed by atoms with Crippen molar-refractivity contribution in [3.8, 4) is 0 Å². The van der Waals surface area contributed by atoms with Crippen LogP contribution in [-0.4, -0.2) is 36.7 Å². The molecule has 0 unspecified atom stereocenters. The molecule has 4 rings (SSSR count). The summed E-state index contributed by atoms with van der Waals surface area (Å²) in [5.74, 6) is 0.148. The molecule has 0 saturated heterocycles. The lowest BCUT2D eigenvalue weighted by molar-refractivity contribution is 0.191. The Morgan fingerprint density at radius 1 is 1.03 bits per heavy atom. The number of hydrogen-bond donors (Lipinski definition) is 1. The van der Waals surface area contributed by atoms with Gasteiger partial charge in [-0.1, -0.05) is 18.2 Å². The third-order valence-corrected chi connectivity index (χ3v) is 7.15. The number of para-hydroxylation sites is 2. The summed E-state index contributed by atoms with van der Waals surface area (Å²) in [5, 5.41) is 0. The molecule has 0 saturated carbocycles. The van der Waals surface area contributed by atoms with Gasteiger partial charge < -0.3 is 15.0 Å². The van der Waals surface area contributed by atoms with E-state index in [0.717, 1.165) is 11.1 Å². The Hall–Kier alpha value is -2.97. The van der Waals surface area contributed by atoms with E-state index in [4.69, 9.17) is 15.5 Å². The molecule has 2 aromatic heterocycles. The zero-order valence-corrected chi connectivity index (χ0v) is 18.0. The van der Waals surface area contributed by atoms with Crippen LogP contribution in [0.2, 0.25) is 0 Å². The fraction of sp³-hybridized carbons (Fsp3) is 0.273. The summed E-state index contributed by atoms with van der Waals surface area (Å²) >= 11 is 0. The van der Waals surface area contributed by atoms with E-state index < -0.39 is 9.84 Å². The van der Waals surface area contributed by atoms with E-state index in [9.17, 15) is 8.42 Å². The van der Waals surface area contributed by atoms with Crippen LogP contribution in [0, 0.1) is 13.8 Å². The average Bonchev–Trinajstić information content (AvgIpc) is 2.99. The summed E-state index contributed by atoms with van der Waals surface area (Å²) in [5.41, 5.74) is 10.4. The zero-order valence-electron chi connectivity index (χ0n) is 17.2. The van der Waals surface area contributed by atoms with E-state index in [1.165, 1.54) is 0 Å². The standard InChI is InChI=1S/C22H24N4O3S/c1-14-9-10-16(13-15(14)2)30(27,28)20-19-22(26(21(20)23)11-6-12-29-3)25-18-8-5-4-7-17(18)24-19/h4-5,7-10,13H,6,11-12,23H2,1-3H3. The maximum Gasteiger partial charge on any atom is 0.212 e. The first-order valence-corrected chi connectivity index (χ1v) is 11.2. The van der Waals surface area contributed by atoms with Gasteiger partial charge >= 0.3 is 0 Å². The van der Waals surface area contributed by atoms with Gasteiger partial charge in [-0.15, -0.1) is 0 Å². The number of sulfone groups is 1. The van der Waals surface area contributed by atoms with Gasteiger partial charge in [0.15, 0.2) is 5.65 Å². The number of hydrogen-bond acceptors (Lipinski definition) is 6. The molecule has 0 aliphatic heterocycles. The van der Waals surface area contributed by atoms with Crippen LogP contribution in [0.5, 0.6) is 0 Å². The number of methoxy groups -OCH3 is 1. The summed E-state index contributed by atoms with van der Waals surface area (Å²) in [4.78, 5) is 9.55. The molecule has 0 fully saturated rings. The molecule has 4 aromatic rings. The van der Waals surface area contributed by atoms with Gasteiger partial charge in [0.2, 0.25) is 9.84 Å². The summed E-state index contributed by atoms with van der Waals surface area (Å²) in [6.07, 6.45) is 0.669. The van der Waals surface area contributed by atoms with Crippen LogP contribution in [0.1, 0.15) is 17.5 Å². The lowest BCUT2D eigenvalue weighted by Gasteiger charge is -2.09. The van der Waals surface area contributed by atoms with Crippen LogP contribution >= 0.6 is 0 Å².